The van der Waals surface area contributed by atoms with Crippen molar-refractivity contribution in [3.05, 3.63) is 69.4 Å². The molecule has 0 saturated carbocycles. The third-order valence-corrected chi connectivity index (χ3v) is 5.85. The predicted octanol–water partition coefficient (Wildman–Crippen LogP) is 4.43. The van der Waals surface area contributed by atoms with Gasteiger partial charge in [0.15, 0.2) is 0 Å². The molecule has 2 atom stereocenters. The third kappa shape index (κ3) is 4.31. The SMILES string of the molecule is COC(=O)[C@@H]1Cc2c([nH]c3cc(OCc4ccccc4[N+](=O)[O-])ccc23)[C@@H](CC(C)C)N1. The lowest BCUT2D eigenvalue weighted by Crippen LogP contribution is -2.45. The molecule has 0 bridgehead atoms. The number of methoxy groups -OCH3 is 1. The molecule has 32 heavy (non-hydrogen) atoms. The molecule has 2 heterocycles. The van der Waals surface area contributed by atoms with E-state index in [9.17, 15) is 14.9 Å². The van der Waals surface area contributed by atoms with Crippen molar-refractivity contribution < 1.29 is 19.2 Å². The van der Waals surface area contributed by atoms with Gasteiger partial charge in [0.2, 0.25) is 0 Å². The molecular weight excluding hydrogens is 410 g/mol. The van der Waals surface area contributed by atoms with Gasteiger partial charge in [0, 0.05) is 41.2 Å². The smallest absolute Gasteiger partial charge is 0.323 e. The van der Waals surface area contributed by atoms with Crippen molar-refractivity contribution in [1.29, 1.82) is 0 Å². The minimum Gasteiger partial charge on any atom is -0.489 e. The summed E-state index contributed by atoms with van der Waals surface area (Å²) in [6, 6.07) is 11.9. The van der Waals surface area contributed by atoms with E-state index in [1.54, 1.807) is 18.2 Å². The van der Waals surface area contributed by atoms with Crippen molar-refractivity contribution in [2.75, 3.05) is 7.11 Å². The lowest BCUT2D eigenvalue weighted by Gasteiger charge is -2.31. The number of aromatic amines is 1. The number of H-pyrrole nitrogens is 1. The molecule has 1 aliphatic heterocycles. The highest BCUT2D eigenvalue weighted by Gasteiger charge is 2.34. The summed E-state index contributed by atoms with van der Waals surface area (Å²) in [7, 11) is 1.41. The van der Waals surface area contributed by atoms with Gasteiger partial charge in [-0.25, -0.2) is 0 Å². The Morgan fingerprint density at radius 1 is 1.25 bits per heavy atom. The Kier molecular flexibility index (Phi) is 6.14. The van der Waals surface area contributed by atoms with Gasteiger partial charge >= 0.3 is 5.97 Å². The molecule has 3 aromatic rings. The van der Waals surface area contributed by atoms with Crippen LogP contribution in [0, 0.1) is 16.0 Å². The second-order valence-corrected chi connectivity index (χ2v) is 8.53. The van der Waals surface area contributed by atoms with E-state index < -0.39 is 4.92 Å². The van der Waals surface area contributed by atoms with E-state index in [0.717, 1.165) is 28.6 Å². The second kappa shape index (κ2) is 9.00. The maximum atomic E-state index is 12.3. The van der Waals surface area contributed by atoms with Gasteiger partial charge in [0.05, 0.1) is 17.6 Å². The quantitative estimate of drug-likeness (QED) is 0.322. The monoisotopic (exact) mass is 437 g/mol. The minimum atomic E-state index is -0.402. The summed E-state index contributed by atoms with van der Waals surface area (Å²) in [4.78, 5) is 26.6. The number of ether oxygens (including phenoxy) is 2. The fourth-order valence-electron chi connectivity index (χ4n) is 4.37. The summed E-state index contributed by atoms with van der Waals surface area (Å²) in [6.45, 7) is 4.41. The summed E-state index contributed by atoms with van der Waals surface area (Å²) >= 11 is 0. The van der Waals surface area contributed by atoms with Crippen molar-refractivity contribution in [2.45, 2.75) is 45.4 Å². The first kappa shape index (κ1) is 21.8. The average molecular weight is 437 g/mol. The number of carbonyl (C=O) groups excluding carboxylic acids is 1. The normalized spacial score (nSPS) is 17.9. The van der Waals surface area contributed by atoms with Gasteiger partial charge in [-0.15, -0.1) is 0 Å². The molecule has 0 amide bonds. The Labute approximate surface area is 186 Å². The molecule has 2 aromatic carbocycles. The highest BCUT2D eigenvalue weighted by Crippen LogP contribution is 2.36. The Morgan fingerprint density at radius 2 is 2.03 bits per heavy atom. The molecule has 0 radical (unpaired) electrons. The number of nitro groups is 1. The number of fused-ring (bicyclic) bond motifs is 3. The first-order valence-corrected chi connectivity index (χ1v) is 10.7. The zero-order chi connectivity index (χ0) is 22.8. The molecule has 0 unspecified atom stereocenters. The second-order valence-electron chi connectivity index (χ2n) is 8.53. The highest BCUT2D eigenvalue weighted by molar-refractivity contribution is 5.88. The van der Waals surface area contributed by atoms with Crippen molar-refractivity contribution in [3.63, 3.8) is 0 Å². The number of carbonyl (C=O) groups is 1. The van der Waals surface area contributed by atoms with Gasteiger partial charge in [-0.05, 0) is 36.1 Å². The van der Waals surface area contributed by atoms with E-state index in [0.29, 0.717) is 23.7 Å². The number of para-hydroxylation sites is 1. The lowest BCUT2D eigenvalue weighted by atomic mass is 9.90. The first-order valence-electron chi connectivity index (χ1n) is 10.7. The predicted molar refractivity (Wildman–Crippen MR) is 121 cm³/mol. The Balaban J connectivity index is 1.62. The fraction of sp³-hybridized carbons (Fsp3) is 0.375. The highest BCUT2D eigenvalue weighted by atomic mass is 16.6. The van der Waals surface area contributed by atoms with Crippen LogP contribution in [0.25, 0.3) is 10.9 Å². The average Bonchev–Trinajstić information content (AvgIpc) is 3.15. The van der Waals surface area contributed by atoms with Crippen LogP contribution in [-0.2, 0) is 22.6 Å². The summed E-state index contributed by atoms with van der Waals surface area (Å²) in [6.07, 6.45) is 1.43. The molecule has 8 nitrogen and oxygen atoms in total. The van der Waals surface area contributed by atoms with Crippen LogP contribution in [0.4, 0.5) is 5.69 Å². The maximum Gasteiger partial charge on any atom is 0.323 e. The molecule has 0 saturated heterocycles. The Hall–Kier alpha value is -3.39. The number of hydrogen-bond donors (Lipinski definition) is 2. The van der Waals surface area contributed by atoms with Crippen LogP contribution in [0.5, 0.6) is 5.75 Å². The zero-order valence-corrected chi connectivity index (χ0v) is 18.4. The molecule has 2 N–H and O–H groups in total. The summed E-state index contributed by atoms with van der Waals surface area (Å²) in [5, 5.41) is 15.7. The fourth-order valence-corrected chi connectivity index (χ4v) is 4.37. The van der Waals surface area contributed by atoms with Crippen LogP contribution in [0.2, 0.25) is 0 Å². The Bertz CT molecular complexity index is 1150. The Morgan fingerprint density at radius 3 is 2.75 bits per heavy atom. The molecule has 0 aliphatic carbocycles. The van der Waals surface area contributed by atoms with E-state index in [-0.39, 0.29) is 30.3 Å². The van der Waals surface area contributed by atoms with Crippen LogP contribution in [0.3, 0.4) is 0 Å². The number of nitrogens with one attached hydrogen (secondary N) is 2. The number of nitrogens with zero attached hydrogens (tertiary/aromatic N) is 1. The van der Waals surface area contributed by atoms with Gasteiger partial charge in [-0.2, -0.15) is 0 Å². The van der Waals surface area contributed by atoms with E-state index in [1.807, 2.05) is 18.2 Å². The number of rotatable bonds is 7. The number of esters is 1. The standard InChI is InChI=1S/C24H27N3O5/c1-14(2)10-20-23-18(12-21(25-20)24(28)31-3)17-9-8-16(11-19(17)26-23)32-13-15-6-4-5-7-22(15)27(29)30/h4-9,11,14,20-21,25-26H,10,12-13H2,1-3H3/t20-,21+/m1/s1. The van der Waals surface area contributed by atoms with Crippen molar-refractivity contribution in [1.82, 2.24) is 10.3 Å². The zero-order valence-electron chi connectivity index (χ0n) is 18.4. The van der Waals surface area contributed by atoms with Gasteiger partial charge in [0.25, 0.3) is 5.69 Å². The molecule has 1 aromatic heterocycles. The van der Waals surface area contributed by atoms with Crippen LogP contribution in [0.1, 0.15) is 43.1 Å². The molecular formula is C24H27N3O5. The van der Waals surface area contributed by atoms with Crippen LogP contribution < -0.4 is 10.1 Å². The van der Waals surface area contributed by atoms with Gasteiger partial charge in [-0.1, -0.05) is 26.0 Å². The van der Waals surface area contributed by atoms with Crippen molar-refractivity contribution >= 4 is 22.6 Å². The minimum absolute atomic E-state index is 0.0200. The number of hydrogen-bond acceptors (Lipinski definition) is 6. The lowest BCUT2D eigenvalue weighted by molar-refractivity contribution is -0.385. The summed E-state index contributed by atoms with van der Waals surface area (Å²) in [5.74, 6) is 0.805. The van der Waals surface area contributed by atoms with Crippen LogP contribution >= 0.6 is 0 Å². The van der Waals surface area contributed by atoms with Crippen molar-refractivity contribution in [3.8, 4) is 5.75 Å². The molecule has 0 spiro atoms. The number of aromatic nitrogens is 1. The van der Waals surface area contributed by atoms with E-state index in [1.165, 1.54) is 13.2 Å². The van der Waals surface area contributed by atoms with E-state index in [4.69, 9.17) is 9.47 Å². The van der Waals surface area contributed by atoms with Crippen molar-refractivity contribution in [2.24, 2.45) is 5.92 Å². The molecule has 8 heteroatoms. The topological polar surface area (TPSA) is 106 Å². The van der Waals surface area contributed by atoms with Gasteiger partial charge in [-0.3, -0.25) is 20.2 Å². The van der Waals surface area contributed by atoms with E-state index in [2.05, 4.69) is 24.1 Å². The van der Waals surface area contributed by atoms with Crippen LogP contribution in [0.15, 0.2) is 42.5 Å². The van der Waals surface area contributed by atoms with E-state index >= 15 is 0 Å². The van der Waals surface area contributed by atoms with Gasteiger partial charge in [0.1, 0.15) is 18.4 Å². The first-order chi connectivity index (χ1) is 15.4. The number of benzene rings is 2. The molecule has 4 rings (SSSR count). The van der Waals surface area contributed by atoms with Gasteiger partial charge < -0.3 is 14.5 Å². The summed E-state index contributed by atoms with van der Waals surface area (Å²) in [5.41, 5.74) is 3.68. The summed E-state index contributed by atoms with van der Waals surface area (Å²) < 4.78 is 10.9. The largest absolute Gasteiger partial charge is 0.489 e. The molecule has 1 aliphatic rings. The maximum absolute atomic E-state index is 12.3. The molecule has 0 fully saturated rings. The molecule has 168 valence electrons. The van der Waals surface area contributed by atoms with Crippen LogP contribution in [-0.4, -0.2) is 29.0 Å². The number of nitro benzene ring substituents is 1. The third-order valence-electron chi connectivity index (χ3n) is 5.85.